The molecule has 1 aromatic carbocycles. The van der Waals surface area contributed by atoms with Crippen molar-refractivity contribution in [1.29, 1.82) is 0 Å². The number of nitrogens with one attached hydrogen (secondary N) is 1. The fraction of sp³-hybridized carbons (Fsp3) is 0.500. The first-order valence-corrected chi connectivity index (χ1v) is 7.32. The minimum atomic E-state index is -0.868. The van der Waals surface area contributed by atoms with Crippen molar-refractivity contribution in [3.05, 3.63) is 29.8 Å². The van der Waals surface area contributed by atoms with E-state index >= 15 is 0 Å². The monoisotopic (exact) mass is 292 g/mol. The van der Waals surface area contributed by atoms with Gasteiger partial charge in [-0.25, -0.2) is 4.79 Å². The average Bonchev–Trinajstić information content (AvgIpc) is 2.50. The molecule has 0 saturated carbocycles. The zero-order chi connectivity index (χ0) is 15.8. The second kappa shape index (κ2) is 8.29. The summed E-state index contributed by atoms with van der Waals surface area (Å²) < 4.78 is 0. The molecular weight excluding hydrogens is 268 g/mol. The Balaban J connectivity index is 2.59. The van der Waals surface area contributed by atoms with Gasteiger partial charge in [0.2, 0.25) is 0 Å². The molecule has 0 aliphatic rings. The summed E-state index contributed by atoms with van der Waals surface area (Å²) in [5.41, 5.74) is 1.99. The number of hydrogen-bond donors (Lipinski definition) is 2. The third kappa shape index (κ3) is 5.10. The van der Waals surface area contributed by atoms with E-state index in [1.165, 1.54) is 10.5 Å². The van der Waals surface area contributed by atoms with Crippen LogP contribution in [0.2, 0.25) is 0 Å². The second-order valence-corrected chi connectivity index (χ2v) is 5.09. The second-order valence-electron chi connectivity index (χ2n) is 5.09. The summed E-state index contributed by atoms with van der Waals surface area (Å²) in [5.74, 6) is -1.40. The lowest BCUT2D eigenvalue weighted by Gasteiger charge is -2.20. The molecule has 0 bridgehead atoms. The number of aryl methyl sites for hydroxylation is 1. The van der Waals surface area contributed by atoms with Gasteiger partial charge in [0, 0.05) is 19.3 Å². The van der Waals surface area contributed by atoms with Crippen molar-refractivity contribution in [2.24, 2.45) is 5.92 Å². The lowest BCUT2D eigenvalue weighted by atomic mass is 10.0. The number of urea groups is 1. The highest BCUT2D eigenvalue weighted by Crippen LogP contribution is 2.14. The molecule has 0 aromatic heterocycles. The van der Waals surface area contributed by atoms with Crippen LogP contribution in [0.25, 0.3) is 0 Å². The number of benzene rings is 1. The Morgan fingerprint density at radius 3 is 2.33 bits per heavy atom. The summed E-state index contributed by atoms with van der Waals surface area (Å²) in [6, 6.07) is 7.45. The van der Waals surface area contributed by atoms with Crippen LogP contribution < -0.4 is 10.2 Å². The molecular formula is C16H24N2O3. The fourth-order valence-electron chi connectivity index (χ4n) is 2.06. The zero-order valence-electron chi connectivity index (χ0n) is 12.9. The Kier molecular flexibility index (Phi) is 6.72. The Morgan fingerprint density at radius 1 is 1.24 bits per heavy atom. The number of rotatable bonds is 7. The minimum absolute atomic E-state index is 0.152. The molecule has 1 atom stereocenters. The van der Waals surface area contributed by atoms with E-state index in [0.29, 0.717) is 6.42 Å². The minimum Gasteiger partial charge on any atom is -0.481 e. The third-order valence-corrected chi connectivity index (χ3v) is 3.52. The molecule has 0 spiro atoms. The Hall–Kier alpha value is -2.04. The van der Waals surface area contributed by atoms with Crippen molar-refractivity contribution >= 4 is 17.7 Å². The van der Waals surface area contributed by atoms with Crippen LogP contribution in [0, 0.1) is 5.92 Å². The number of hydrogen-bond acceptors (Lipinski definition) is 2. The summed E-state index contributed by atoms with van der Waals surface area (Å²) in [5, 5.41) is 11.7. The van der Waals surface area contributed by atoms with E-state index in [4.69, 9.17) is 5.11 Å². The van der Waals surface area contributed by atoms with Crippen molar-refractivity contribution in [3.8, 4) is 0 Å². The standard InChI is InChI=1S/C16H24N2O3/c1-4-6-13(15(19)20)11-17-16(21)18(3)14-9-7-12(5-2)8-10-14/h7-10,13H,4-6,11H2,1-3H3,(H,17,21)(H,19,20). The summed E-state index contributed by atoms with van der Waals surface area (Å²) in [6.07, 6.45) is 2.29. The van der Waals surface area contributed by atoms with E-state index in [9.17, 15) is 9.59 Å². The van der Waals surface area contributed by atoms with Crippen LogP contribution >= 0.6 is 0 Å². The van der Waals surface area contributed by atoms with Crippen LogP contribution in [0.1, 0.15) is 32.3 Å². The first-order valence-electron chi connectivity index (χ1n) is 7.32. The van der Waals surface area contributed by atoms with Crippen LogP contribution in [0.5, 0.6) is 0 Å². The lowest BCUT2D eigenvalue weighted by Crippen LogP contribution is -2.41. The van der Waals surface area contributed by atoms with Gasteiger partial charge < -0.3 is 10.4 Å². The van der Waals surface area contributed by atoms with Crippen molar-refractivity contribution in [2.45, 2.75) is 33.1 Å². The van der Waals surface area contributed by atoms with Crippen LogP contribution in [-0.4, -0.2) is 30.7 Å². The molecule has 0 saturated heterocycles. The average molecular weight is 292 g/mol. The first-order chi connectivity index (χ1) is 9.99. The highest BCUT2D eigenvalue weighted by molar-refractivity contribution is 5.91. The summed E-state index contributed by atoms with van der Waals surface area (Å²) >= 11 is 0. The van der Waals surface area contributed by atoms with Gasteiger partial charge in [-0.05, 0) is 30.5 Å². The molecule has 2 N–H and O–H groups in total. The largest absolute Gasteiger partial charge is 0.481 e. The Labute approximate surface area is 126 Å². The molecule has 2 amide bonds. The topological polar surface area (TPSA) is 69.6 Å². The maximum atomic E-state index is 12.1. The van der Waals surface area contributed by atoms with Crippen LogP contribution in [0.3, 0.4) is 0 Å². The molecule has 0 fully saturated rings. The lowest BCUT2D eigenvalue weighted by molar-refractivity contribution is -0.141. The van der Waals surface area contributed by atoms with Gasteiger partial charge in [-0.15, -0.1) is 0 Å². The number of aliphatic carboxylic acids is 1. The summed E-state index contributed by atoms with van der Waals surface area (Å²) in [6.45, 7) is 4.16. The van der Waals surface area contributed by atoms with E-state index in [2.05, 4.69) is 12.2 Å². The molecule has 0 aliphatic heterocycles. The quantitative estimate of drug-likeness (QED) is 0.812. The number of carbonyl (C=O) groups is 2. The smallest absolute Gasteiger partial charge is 0.321 e. The number of carbonyl (C=O) groups excluding carboxylic acids is 1. The zero-order valence-corrected chi connectivity index (χ0v) is 12.9. The number of carboxylic acids is 1. The van der Waals surface area contributed by atoms with E-state index in [1.807, 2.05) is 31.2 Å². The highest BCUT2D eigenvalue weighted by atomic mass is 16.4. The number of carboxylic acid groups (broad SMARTS) is 1. The maximum absolute atomic E-state index is 12.1. The van der Waals surface area contributed by atoms with Gasteiger partial charge in [0.05, 0.1) is 5.92 Å². The van der Waals surface area contributed by atoms with E-state index in [-0.39, 0.29) is 12.6 Å². The molecule has 0 radical (unpaired) electrons. The highest BCUT2D eigenvalue weighted by Gasteiger charge is 2.18. The van der Waals surface area contributed by atoms with Gasteiger partial charge >= 0.3 is 12.0 Å². The SMILES string of the molecule is CCCC(CNC(=O)N(C)c1ccc(CC)cc1)C(=O)O. The number of nitrogens with zero attached hydrogens (tertiary/aromatic N) is 1. The van der Waals surface area contributed by atoms with Crippen molar-refractivity contribution < 1.29 is 14.7 Å². The van der Waals surface area contributed by atoms with Crippen LogP contribution in [-0.2, 0) is 11.2 Å². The molecule has 1 rings (SSSR count). The molecule has 5 nitrogen and oxygen atoms in total. The summed E-state index contributed by atoms with van der Waals surface area (Å²) in [4.78, 5) is 24.6. The van der Waals surface area contributed by atoms with Gasteiger partial charge in [0.25, 0.3) is 0 Å². The predicted octanol–water partition coefficient (Wildman–Crippen LogP) is 2.90. The van der Waals surface area contributed by atoms with Gasteiger partial charge in [-0.2, -0.15) is 0 Å². The van der Waals surface area contributed by atoms with Crippen LogP contribution in [0.4, 0.5) is 10.5 Å². The van der Waals surface area contributed by atoms with Crippen molar-refractivity contribution in [1.82, 2.24) is 5.32 Å². The first kappa shape index (κ1) is 17.0. The van der Waals surface area contributed by atoms with Crippen molar-refractivity contribution in [3.63, 3.8) is 0 Å². The Morgan fingerprint density at radius 2 is 1.86 bits per heavy atom. The van der Waals surface area contributed by atoms with E-state index < -0.39 is 11.9 Å². The van der Waals surface area contributed by atoms with E-state index in [1.54, 1.807) is 7.05 Å². The predicted molar refractivity (Wildman–Crippen MR) is 83.7 cm³/mol. The normalized spacial score (nSPS) is 11.8. The molecule has 0 aliphatic carbocycles. The molecule has 21 heavy (non-hydrogen) atoms. The van der Waals surface area contributed by atoms with E-state index in [0.717, 1.165) is 18.5 Å². The molecule has 116 valence electrons. The molecule has 1 unspecified atom stereocenters. The van der Waals surface area contributed by atoms with Crippen LogP contribution in [0.15, 0.2) is 24.3 Å². The number of anilines is 1. The molecule has 5 heteroatoms. The molecule has 0 heterocycles. The van der Waals surface area contributed by atoms with Crippen molar-refractivity contribution in [2.75, 3.05) is 18.5 Å². The van der Waals surface area contributed by atoms with Gasteiger partial charge in [0.15, 0.2) is 0 Å². The maximum Gasteiger partial charge on any atom is 0.321 e. The fourth-order valence-corrected chi connectivity index (χ4v) is 2.06. The number of amides is 2. The van der Waals surface area contributed by atoms with Gasteiger partial charge in [0.1, 0.15) is 0 Å². The Bertz CT molecular complexity index is 471. The molecule has 1 aromatic rings. The summed E-state index contributed by atoms with van der Waals surface area (Å²) in [7, 11) is 1.67. The van der Waals surface area contributed by atoms with Gasteiger partial charge in [-0.3, -0.25) is 9.69 Å². The van der Waals surface area contributed by atoms with Gasteiger partial charge in [-0.1, -0.05) is 32.4 Å². The third-order valence-electron chi connectivity index (χ3n) is 3.52.